The summed E-state index contributed by atoms with van der Waals surface area (Å²) < 4.78 is 22.4. The Balaban J connectivity index is 1.91. The summed E-state index contributed by atoms with van der Waals surface area (Å²) in [7, 11) is 0. The average Bonchev–Trinajstić information content (AvgIpc) is 3.17. The molecule has 2 rings (SSSR count). The van der Waals surface area contributed by atoms with Crippen molar-refractivity contribution in [3.63, 3.8) is 0 Å². The van der Waals surface area contributed by atoms with E-state index in [4.69, 9.17) is 18.9 Å². The summed E-state index contributed by atoms with van der Waals surface area (Å²) in [4.78, 5) is 12.8. The van der Waals surface area contributed by atoms with Gasteiger partial charge in [-0.05, 0) is 44.9 Å². The maximum Gasteiger partial charge on any atom is 0.220 e. The molecule has 9 N–H and O–H groups in total. The molecular formula is C40H71NO13. The minimum absolute atomic E-state index is 0.261. The van der Waals surface area contributed by atoms with Crippen molar-refractivity contribution in [2.45, 2.75) is 190 Å². The topological polar surface area (TPSA) is 228 Å². The van der Waals surface area contributed by atoms with Crippen LogP contribution in [0.4, 0.5) is 0 Å². The highest BCUT2D eigenvalue weighted by Crippen LogP contribution is 2.29. The summed E-state index contributed by atoms with van der Waals surface area (Å²) in [5, 5.41) is 85.8. The van der Waals surface area contributed by atoms with Crippen LogP contribution in [-0.4, -0.2) is 140 Å². The zero-order chi connectivity index (χ0) is 39.7. The van der Waals surface area contributed by atoms with E-state index in [2.05, 4.69) is 43.5 Å². The lowest BCUT2D eigenvalue weighted by atomic mass is 9.97. The van der Waals surface area contributed by atoms with Crippen LogP contribution in [0.2, 0.25) is 0 Å². The first-order chi connectivity index (χ1) is 26.1. The maximum atomic E-state index is 12.8. The number of nitrogens with one attached hydrogen (secondary N) is 1. The minimum Gasteiger partial charge on any atom is -0.394 e. The smallest absolute Gasteiger partial charge is 0.220 e. The third kappa shape index (κ3) is 17.6. The fourth-order valence-corrected chi connectivity index (χ4v) is 6.38. The van der Waals surface area contributed by atoms with Gasteiger partial charge in [0.2, 0.25) is 5.91 Å². The highest BCUT2D eigenvalue weighted by Gasteiger charge is 2.50. The van der Waals surface area contributed by atoms with Gasteiger partial charge in [-0.2, -0.15) is 0 Å². The number of hydrogen-bond donors (Lipinski definition) is 9. The number of aliphatic hydroxyl groups is 8. The molecule has 0 saturated carbocycles. The van der Waals surface area contributed by atoms with E-state index in [1.165, 1.54) is 38.5 Å². The molecule has 2 fully saturated rings. The van der Waals surface area contributed by atoms with Crippen LogP contribution in [0, 0.1) is 0 Å². The highest BCUT2D eigenvalue weighted by molar-refractivity contribution is 5.76. The molecule has 0 aromatic rings. The number of carbonyl (C=O) groups is 1. The molecule has 0 spiro atoms. The van der Waals surface area contributed by atoms with Gasteiger partial charge in [0.1, 0.15) is 48.8 Å². The monoisotopic (exact) mass is 773 g/mol. The first-order valence-corrected chi connectivity index (χ1v) is 20.2. The Labute approximate surface area is 321 Å². The Morgan fingerprint density at radius 3 is 1.81 bits per heavy atom. The molecule has 14 heteroatoms. The molecule has 0 aromatic carbocycles. The second-order valence-electron chi connectivity index (χ2n) is 14.4. The van der Waals surface area contributed by atoms with E-state index in [0.717, 1.165) is 44.9 Å². The lowest BCUT2D eigenvalue weighted by Crippen LogP contribution is -2.65. The average molecular weight is 774 g/mol. The number of rotatable bonds is 28. The Kier molecular flexibility index (Phi) is 25.6. The molecular weight excluding hydrogens is 702 g/mol. The lowest BCUT2D eigenvalue weighted by Gasteiger charge is -2.46. The van der Waals surface area contributed by atoms with E-state index >= 15 is 0 Å². The summed E-state index contributed by atoms with van der Waals surface area (Å²) >= 11 is 0. The zero-order valence-electron chi connectivity index (χ0n) is 32.4. The van der Waals surface area contributed by atoms with Crippen LogP contribution in [0.1, 0.15) is 117 Å². The van der Waals surface area contributed by atoms with E-state index in [9.17, 15) is 45.6 Å². The van der Waals surface area contributed by atoms with Gasteiger partial charge in [0.05, 0.1) is 32.0 Å². The molecule has 54 heavy (non-hydrogen) atoms. The van der Waals surface area contributed by atoms with Crippen molar-refractivity contribution in [2.24, 2.45) is 0 Å². The van der Waals surface area contributed by atoms with Crippen LogP contribution in [0.15, 0.2) is 36.5 Å². The largest absolute Gasteiger partial charge is 0.394 e. The van der Waals surface area contributed by atoms with Crippen molar-refractivity contribution in [1.82, 2.24) is 5.32 Å². The second kappa shape index (κ2) is 28.6. The fourth-order valence-electron chi connectivity index (χ4n) is 6.38. The van der Waals surface area contributed by atoms with Crippen molar-refractivity contribution >= 4 is 5.91 Å². The molecule has 2 aliphatic heterocycles. The van der Waals surface area contributed by atoms with Gasteiger partial charge in [-0.15, -0.1) is 0 Å². The van der Waals surface area contributed by atoms with Crippen LogP contribution in [-0.2, 0) is 23.7 Å². The summed E-state index contributed by atoms with van der Waals surface area (Å²) in [6, 6.07) is -0.929. The second-order valence-corrected chi connectivity index (χ2v) is 14.4. The molecule has 2 saturated heterocycles. The lowest BCUT2D eigenvalue weighted by molar-refractivity contribution is -0.359. The summed E-state index contributed by atoms with van der Waals surface area (Å²) in [5.41, 5.74) is 0. The Bertz CT molecular complexity index is 1060. The van der Waals surface area contributed by atoms with Crippen LogP contribution < -0.4 is 5.32 Å². The number of hydrogen-bond acceptors (Lipinski definition) is 13. The van der Waals surface area contributed by atoms with Crippen molar-refractivity contribution in [2.75, 3.05) is 19.8 Å². The van der Waals surface area contributed by atoms with Crippen molar-refractivity contribution in [3.05, 3.63) is 36.5 Å². The number of ether oxygens (including phenoxy) is 4. The number of unbranched alkanes of at least 4 members (excludes halogenated alkanes) is 11. The highest BCUT2D eigenvalue weighted by atomic mass is 16.7. The fraction of sp³-hybridized carbons (Fsp3) is 0.825. The van der Waals surface area contributed by atoms with Crippen LogP contribution in [0.3, 0.4) is 0 Å². The van der Waals surface area contributed by atoms with Gasteiger partial charge in [-0.1, -0.05) is 102 Å². The molecule has 12 unspecified atom stereocenters. The van der Waals surface area contributed by atoms with E-state index in [1.807, 2.05) is 6.08 Å². The summed E-state index contributed by atoms with van der Waals surface area (Å²) in [5.74, 6) is -0.275. The van der Waals surface area contributed by atoms with Gasteiger partial charge >= 0.3 is 0 Å². The standard InChI is InChI=1S/C40H71NO13/c1-3-5-7-9-10-11-12-13-14-15-16-17-18-19-20-21-23-29(44)28(41-32(45)24-22-8-6-4-2)27-51-39-37(50)35(48)38(31(26-43)53-39)54-40-36(49)34(47)33(46)30(25-42)52-40/h13-14,17-18,21,23,28-31,33-40,42-44,46-50H,3-12,15-16,19-20,22,24-27H2,1-2H3,(H,41,45)/b14-13+,18-17+,23-21+. The van der Waals surface area contributed by atoms with Gasteiger partial charge in [0.15, 0.2) is 12.6 Å². The van der Waals surface area contributed by atoms with Gasteiger partial charge in [-0.25, -0.2) is 0 Å². The Morgan fingerprint density at radius 2 is 1.19 bits per heavy atom. The molecule has 12 atom stereocenters. The quantitative estimate of drug-likeness (QED) is 0.0412. The van der Waals surface area contributed by atoms with Gasteiger partial charge < -0.3 is 65.1 Å². The van der Waals surface area contributed by atoms with Crippen molar-refractivity contribution in [1.29, 1.82) is 0 Å². The van der Waals surface area contributed by atoms with Crippen molar-refractivity contribution in [3.8, 4) is 0 Å². The van der Waals surface area contributed by atoms with Gasteiger partial charge in [-0.3, -0.25) is 4.79 Å². The predicted molar refractivity (Wildman–Crippen MR) is 203 cm³/mol. The molecule has 2 heterocycles. The predicted octanol–water partition coefficient (Wildman–Crippen LogP) is 2.42. The van der Waals surface area contributed by atoms with Gasteiger partial charge in [0, 0.05) is 6.42 Å². The molecule has 1 amide bonds. The first-order valence-electron chi connectivity index (χ1n) is 20.2. The van der Waals surface area contributed by atoms with Crippen molar-refractivity contribution < 1.29 is 64.6 Å². The summed E-state index contributed by atoms with van der Waals surface area (Å²) in [6.07, 6.45) is 11.4. The minimum atomic E-state index is -1.79. The molecule has 14 nitrogen and oxygen atoms in total. The molecule has 0 aromatic heterocycles. The van der Waals surface area contributed by atoms with E-state index in [-0.39, 0.29) is 18.9 Å². The van der Waals surface area contributed by atoms with E-state index in [1.54, 1.807) is 6.08 Å². The number of allylic oxidation sites excluding steroid dienone is 5. The maximum absolute atomic E-state index is 12.8. The summed E-state index contributed by atoms with van der Waals surface area (Å²) in [6.45, 7) is 2.56. The Morgan fingerprint density at radius 1 is 0.648 bits per heavy atom. The third-order valence-corrected chi connectivity index (χ3v) is 9.81. The molecule has 0 aliphatic carbocycles. The van der Waals surface area contributed by atoms with Crippen LogP contribution in [0.25, 0.3) is 0 Å². The molecule has 314 valence electrons. The zero-order valence-corrected chi connectivity index (χ0v) is 32.4. The van der Waals surface area contributed by atoms with Crippen LogP contribution >= 0.6 is 0 Å². The van der Waals surface area contributed by atoms with Crippen LogP contribution in [0.5, 0.6) is 0 Å². The van der Waals surface area contributed by atoms with E-state index in [0.29, 0.717) is 12.8 Å². The third-order valence-electron chi connectivity index (χ3n) is 9.81. The number of aliphatic hydroxyl groups excluding tert-OH is 8. The number of amides is 1. The molecule has 2 aliphatic rings. The number of carbonyl (C=O) groups excluding carboxylic acids is 1. The molecule has 0 bridgehead atoms. The van der Waals surface area contributed by atoms with E-state index < -0.39 is 86.8 Å². The Hall–Kier alpha value is -1.79. The normalized spacial score (nSPS) is 30.4. The molecule has 0 radical (unpaired) electrons. The SMILES string of the molecule is CCCCCCCC/C=C/CC/C=C/CC/C=C/C(O)C(COC1OC(CO)C(OC2OC(CO)C(O)C(O)C2O)C(O)C1O)NC(=O)CCCCCC. The van der Waals surface area contributed by atoms with Gasteiger partial charge in [0.25, 0.3) is 0 Å². The first kappa shape index (κ1) is 48.4.